The van der Waals surface area contributed by atoms with Gasteiger partial charge < -0.3 is 10.2 Å². The lowest BCUT2D eigenvalue weighted by Gasteiger charge is -2.21. The van der Waals surface area contributed by atoms with E-state index >= 15 is 0 Å². The van der Waals surface area contributed by atoms with Gasteiger partial charge in [0.05, 0.1) is 6.54 Å². The molecule has 0 aliphatic heterocycles. The van der Waals surface area contributed by atoms with Crippen molar-refractivity contribution in [3.63, 3.8) is 0 Å². The second-order valence-electron chi connectivity index (χ2n) is 6.82. The molecule has 0 heterocycles. The number of rotatable bonds is 8. The van der Waals surface area contributed by atoms with Gasteiger partial charge in [0.25, 0.3) is 0 Å². The minimum atomic E-state index is -0.159. The first kappa shape index (κ1) is 19.7. The Kier molecular flexibility index (Phi) is 7.39. The Morgan fingerprint density at radius 3 is 2.31 bits per heavy atom. The molecule has 0 atom stereocenters. The lowest BCUT2D eigenvalue weighted by atomic mass is 10.0. The van der Waals surface area contributed by atoms with Gasteiger partial charge in [-0.15, -0.1) is 0 Å². The average Bonchev–Trinajstić information content (AvgIpc) is 2.62. The molecule has 0 unspecified atom stereocenters. The number of nitrogens with one attached hydrogen (secondary N) is 1. The molecule has 2 aromatic carbocycles. The van der Waals surface area contributed by atoms with Crippen molar-refractivity contribution in [1.29, 1.82) is 0 Å². The zero-order valence-corrected chi connectivity index (χ0v) is 15.9. The molecule has 0 aliphatic rings. The molecule has 0 saturated heterocycles. The molecule has 2 amide bonds. The van der Waals surface area contributed by atoms with Gasteiger partial charge in [0, 0.05) is 19.2 Å². The summed E-state index contributed by atoms with van der Waals surface area (Å²) in [7, 11) is 0. The van der Waals surface area contributed by atoms with E-state index in [2.05, 4.69) is 31.3 Å². The summed E-state index contributed by atoms with van der Waals surface area (Å²) >= 11 is 0. The van der Waals surface area contributed by atoms with Crippen LogP contribution in [0, 0.1) is 0 Å². The van der Waals surface area contributed by atoms with Gasteiger partial charge in [0.1, 0.15) is 0 Å². The first-order valence-corrected chi connectivity index (χ1v) is 9.15. The van der Waals surface area contributed by atoms with Crippen molar-refractivity contribution in [2.75, 3.05) is 18.4 Å². The third-order valence-electron chi connectivity index (χ3n) is 4.37. The normalized spacial score (nSPS) is 10.6. The van der Waals surface area contributed by atoms with Gasteiger partial charge in [-0.25, -0.2) is 0 Å². The maximum atomic E-state index is 12.4. The fourth-order valence-corrected chi connectivity index (χ4v) is 2.94. The fourth-order valence-electron chi connectivity index (χ4n) is 2.94. The molecular formula is C22H28N2O2. The molecule has 4 heteroatoms. The third kappa shape index (κ3) is 6.03. The Morgan fingerprint density at radius 2 is 1.65 bits per heavy atom. The molecule has 0 aliphatic carbocycles. The quantitative estimate of drug-likeness (QED) is 0.773. The van der Waals surface area contributed by atoms with E-state index in [-0.39, 0.29) is 18.4 Å². The maximum Gasteiger partial charge on any atom is 0.244 e. The summed E-state index contributed by atoms with van der Waals surface area (Å²) in [5, 5.41) is 2.95. The molecule has 138 valence electrons. The fraction of sp³-hybridized carbons (Fsp3) is 0.364. The Morgan fingerprint density at radius 1 is 1.00 bits per heavy atom. The smallest absolute Gasteiger partial charge is 0.244 e. The van der Waals surface area contributed by atoms with Gasteiger partial charge in [-0.05, 0) is 36.0 Å². The van der Waals surface area contributed by atoms with E-state index < -0.39 is 0 Å². The van der Waals surface area contributed by atoms with Crippen molar-refractivity contribution in [2.24, 2.45) is 0 Å². The Balaban J connectivity index is 1.90. The van der Waals surface area contributed by atoms with Crippen molar-refractivity contribution in [3.05, 3.63) is 65.7 Å². The van der Waals surface area contributed by atoms with Crippen LogP contribution in [0.1, 0.15) is 44.2 Å². The first-order chi connectivity index (χ1) is 12.5. The van der Waals surface area contributed by atoms with Gasteiger partial charge in [0.2, 0.25) is 11.8 Å². The van der Waals surface area contributed by atoms with Crippen LogP contribution in [0.25, 0.3) is 0 Å². The van der Waals surface area contributed by atoms with Crippen LogP contribution in [0.15, 0.2) is 54.6 Å². The minimum Gasteiger partial charge on any atom is -0.334 e. The summed E-state index contributed by atoms with van der Waals surface area (Å²) in [5.74, 6) is 0.0830. The van der Waals surface area contributed by atoms with E-state index in [9.17, 15) is 9.59 Å². The lowest BCUT2D eigenvalue weighted by molar-refractivity contribution is -0.132. The molecular weight excluding hydrogens is 324 g/mol. The molecule has 1 N–H and O–H groups in total. The number of benzene rings is 2. The Bertz CT molecular complexity index is 726. The van der Waals surface area contributed by atoms with Gasteiger partial charge >= 0.3 is 0 Å². The summed E-state index contributed by atoms with van der Waals surface area (Å²) in [5.41, 5.74) is 3.16. The number of aryl methyl sites for hydroxylation is 1. The molecule has 4 nitrogen and oxygen atoms in total. The number of nitrogens with zero attached hydrogens (tertiary/aromatic N) is 1. The van der Waals surface area contributed by atoms with Crippen LogP contribution in [0.4, 0.5) is 5.69 Å². The molecule has 0 saturated carbocycles. The molecule has 0 aromatic heterocycles. The summed E-state index contributed by atoms with van der Waals surface area (Å²) < 4.78 is 0. The molecule has 0 fully saturated rings. The standard InChI is InChI=1S/C22H28N2O2/c1-17(2)20-13-7-8-14-21(20)23-22(26)16-24(18(3)25)15-9-12-19-10-5-4-6-11-19/h4-8,10-11,13-14,17H,9,12,15-16H2,1-3H3,(H,23,26). The van der Waals surface area contributed by atoms with E-state index in [1.165, 1.54) is 12.5 Å². The van der Waals surface area contributed by atoms with Crippen molar-refractivity contribution in [3.8, 4) is 0 Å². The van der Waals surface area contributed by atoms with Crippen LogP contribution >= 0.6 is 0 Å². The second kappa shape index (κ2) is 9.76. The third-order valence-corrected chi connectivity index (χ3v) is 4.37. The largest absolute Gasteiger partial charge is 0.334 e. The molecule has 2 aromatic rings. The highest BCUT2D eigenvalue weighted by Crippen LogP contribution is 2.23. The zero-order chi connectivity index (χ0) is 18.9. The number of carbonyl (C=O) groups excluding carboxylic acids is 2. The van der Waals surface area contributed by atoms with Gasteiger partial charge in [-0.2, -0.15) is 0 Å². The summed E-state index contributed by atoms with van der Waals surface area (Å²) in [6, 6.07) is 18.0. The van der Waals surface area contributed by atoms with Crippen LogP contribution in [0.3, 0.4) is 0 Å². The lowest BCUT2D eigenvalue weighted by Crippen LogP contribution is -2.37. The predicted molar refractivity (Wildman–Crippen MR) is 106 cm³/mol. The number of hydrogen-bond donors (Lipinski definition) is 1. The van der Waals surface area contributed by atoms with E-state index in [0.29, 0.717) is 12.5 Å². The van der Waals surface area contributed by atoms with E-state index in [1.54, 1.807) is 4.90 Å². The van der Waals surface area contributed by atoms with E-state index in [1.807, 2.05) is 42.5 Å². The number of carbonyl (C=O) groups is 2. The van der Waals surface area contributed by atoms with Gasteiger partial charge in [-0.1, -0.05) is 62.4 Å². The summed E-state index contributed by atoms with van der Waals surface area (Å²) in [6.07, 6.45) is 1.72. The van der Waals surface area contributed by atoms with E-state index in [0.717, 1.165) is 24.1 Å². The van der Waals surface area contributed by atoms with Crippen LogP contribution < -0.4 is 5.32 Å². The van der Waals surface area contributed by atoms with Crippen LogP contribution in [0.2, 0.25) is 0 Å². The maximum absolute atomic E-state index is 12.4. The number of amides is 2. The summed E-state index contributed by atoms with van der Waals surface area (Å²) in [4.78, 5) is 25.9. The van der Waals surface area contributed by atoms with Crippen LogP contribution in [0.5, 0.6) is 0 Å². The van der Waals surface area contributed by atoms with Crippen molar-refractivity contribution in [2.45, 2.75) is 39.5 Å². The first-order valence-electron chi connectivity index (χ1n) is 9.15. The summed E-state index contributed by atoms with van der Waals surface area (Å²) in [6.45, 7) is 6.35. The highest BCUT2D eigenvalue weighted by atomic mass is 16.2. The minimum absolute atomic E-state index is 0.0784. The second-order valence-corrected chi connectivity index (χ2v) is 6.82. The topological polar surface area (TPSA) is 49.4 Å². The van der Waals surface area contributed by atoms with Crippen molar-refractivity contribution < 1.29 is 9.59 Å². The number of para-hydroxylation sites is 1. The van der Waals surface area contributed by atoms with Gasteiger partial charge in [0.15, 0.2) is 0 Å². The molecule has 26 heavy (non-hydrogen) atoms. The highest BCUT2D eigenvalue weighted by molar-refractivity contribution is 5.95. The Labute approximate surface area is 156 Å². The SMILES string of the molecule is CC(=O)N(CCCc1ccccc1)CC(=O)Nc1ccccc1C(C)C. The van der Waals surface area contributed by atoms with Gasteiger partial charge in [-0.3, -0.25) is 9.59 Å². The molecule has 0 spiro atoms. The van der Waals surface area contributed by atoms with Crippen LogP contribution in [-0.2, 0) is 16.0 Å². The monoisotopic (exact) mass is 352 g/mol. The zero-order valence-electron chi connectivity index (χ0n) is 15.9. The van der Waals surface area contributed by atoms with E-state index in [4.69, 9.17) is 0 Å². The number of hydrogen-bond acceptors (Lipinski definition) is 2. The van der Waals surface area contributed by atoms with Crippen LogP contribution in [-0.4, -0.2) is 29.8 Å². The van der Waals surface area contributed by atoms with Crippen molar-refractivity contribution >= 4 is 17.5 Å². The highest BCUT2D eigenvalue weighted by Gasteiger charge is 2.15. The predicted octanol–water partition coefficient (Wildman–Crippen LogP) is 4.23. The molecule has 0 bridgehead atoms. The molecule has 0 radical (unpaired) electrons. The van der Waals surface area contributed by atoms with Crippen molar-refractivity contribution in [1.82, 2.24) is 4.90 Å². The average molecular weight is 352 g/mol. The Hall–Kier alpha value is -2.62. The number of anilines is 1. The molecule has 2 rings (SSSR count).